The molecule has 1 unspecified atom stereocenters. The van der Waals surface area contributed by atoms with Gasteiger partial charge in [0.25, 0.3) is 0 Å². The van der Waals surface area contributed by atoms with Crippen molar-refractivity contribution in [2.75, 3.05) is 19.6 Å². The summed E-state index contributed by atoms with van der Waals surface area (Å²) in [5.41, 5.74) is 3.57. The van der Waals surface area contributed by atoms with Crippen molar-refractivity contribution in [2.45, 2.75) is 31.9 Å². The van der Waals surface area contributed by atoms with Crippen molar-refractivity contribution >= 4 is 16.9 Å². The summed E-state index contributed by atoms with van der Waals surface area (Å²) in [7, 11) is 0. The number of hydrogen-bond donors (Lipinski definition) is 2. The van der Waals surface area contributed by atoms with Crippen LogP contribution in [-0.2, 0) is 24.2 Å². The molecule has 0 saturated carbocycles. The molecule has 2 N–H and O–H groups in total. The third-order valence-corrected chi connectivity index (χ3v) is 5.29. The first-order chi connectivity index (χ1) is 13.7. The first-order valence-corrected chi connectivity index (χ1v) is 9.89. The molecule has 0 bridgehead atoms. The Labute approximate surface area is 165 Å². The summed E-state index contributed by atoms with van der Waals surface area (Å²) in [5.74, 6) is 0.743. The lowest BCUT2D eigenvalue weighted by Crippen LogP contribution is -2.42. The highest BCUT2D eigenvalue weighted by Gasteiger charge is 2.18. The van der Waals surface area contributed by atoms with E-state index in [2.05, 4.69) is 34.5 Å². The first kappa shape index (κ1) is 18.7. The number of para-hydroxylation sites is 1. The summed E-state index contributed by atoms with van der Waals surface area (Å²) in [6, 6.07) is 18.3. The fraction of sp³-hybridized carbons (Fsp3) is 0.348. The maximum Gasteiger partial charge on any atom is 0.220 e. The van der Waals surface area contributed by atoms with Gasteiger partial charge in [-0.3, -0.25) is 9.69 Å². The third kappa shape index (κ3) is 4.61. The zero-order chi connectivity index (χ0) is 19.3. The number of aryl methyl sites for hydroxylation is 1. The smallest absolute Gasteiger partial charge is 0.220 e. The Morgan fingerprint density at radius 1 is 1.14 bits per heavy atom. The number of furan rings is 1. The molecule has 3 aromatic rings. The topological polar surface area (TPSA) is 65.7 Å². The number of amides is 1. The molecule has 1 amide bonds. The van der Waals surface area contributed by atoms with Crippen LogP contribution in [0.1, 0.15) is 23.3 Å². The maximum atomic E-state index is 12.1. The third-order valence-electron chi connectivity index (χ3n) is 5.29. The fourth-order valence-electron chi connectivity index (χ4n) is 3.79. The minimum atomic E-state index is -0.569. The van der Waals surface area contributed by atoms with E-state index in [0.717, 1.165) is 36.2 Å². The summed E-state index contributed by atoms with van der Waals surface area (Å²) in [6.45, 7) is 2.64. The first-order valence-electron chi connectivity index (χ1n) is 9.89. The Morgan fingerprint density at radius 2 is 1.93 bits per heavy atom. The summed E-state index contributed by atoms with van der Waals surface area (Å²) in [4.78, 5) is 14.4. The van der Waals surface area contributed by atoms with Crippen molar-refractivity contribution in [3.05, 3.63) is 71.5 Å². The van der Waals surface area contributed by atoms with E-state index in [4.69, 9.17) is 4.42 Å². The van der Waals surface area contributed by atoms with Crippen LogP contribution in [0, 0.1) is 0 Å². The second kappa shape index (κ2) is 8.59. The molecule has 4 rings (SSSR count). The Bertz CT molecular complexity index is 917. The number of rotatable bonds is 7. The average Bonchev–Trinajstić information content (AvgIpc) is 3.14. The highest BCUT2D eigenvalue weighted by Crippen LogP contribution is 2.20. The molecule has 0 spiro atoms. The number of benzene rings is 2. The van der Waals surface area contributed by atoms with E-state index < -0.39 is 6.10 Å². The van der Waals surface area contributed by atoms with Crippen LogP contribution in [0.2, 0.25) is 0 Å². The van der Waals surface area contributed by atoms with Crippen molar-refractivity contribution in [3.8, 4) is 0 Å². The lowest BCUT2D eigenvalue weighted by atomic mass is 10.00. The molecule has 0 aliphatic carbocycles. The molecule has 146 valence electrons. The second-order valence-corrected chi connectivity index (χ2v) is 7.46. The highest BCUT2D eigenvalue weighted by atomic mass is 16.3. The van der Waals surface area contributed by atoms with Gasteiger partial charge in [-0.15, -0.1) is 0 Å². The number of nitrogens with zero attached hydrogens (tertiary/aromatic N) is 1. The SMILES string of the molecule is O=C(CCc1cc2ccccc2o1)NCC(O)CN1CCc2ccccc2C1. The van der Waals surface area contributed by atoms with Crippen LogP contribution in [0.25, 0.3) is 11.0 Å². The minimum absolute atomic E-state index is 0.0662. The molecule has 0 radical (unpaired) electrons. The maximum absolute atomic E-state index is 12.1. The predicted octanol–water partition coefficient (Wildman–Crippen LogP) is 2.90. The van der Waals surface area contributed by atoms with E-state index in [9.17, 15) is 9.90 Å². The zero-order valence-corrected chi connectivity index (χ0v) is 15.9. The van der Waals surface area contributed by atoms with Crippen molar-refractivity contribution in [1.82, 2.24) is 10.2 Å². The number of aliphatic hydroxyl groups is 1. The number of nitrogens with one attached hydrogen (secondary N) is 1. The van der Waals surface area contributed by atoms with Gasteiger partial charge in [-0.1, -0.05) is 42.5 Å². The molecule has 28 heavy (non-hydrogen) atoms. The molecule has 0 fully saturated rings. The molecule has 1 aromatic heterocycles. The lowest BCUT2D eigenvalue weighted by Gasteiger charge is -2.30. The van der Waals surface area contributed by atoms with Gasteiger partial charge in [-0.25, -0.2) is 0 Å². The van der Waals surface area contributed by atoms with Gasteiger partial charge in [0.05, 0.1) is 6.10 Å². The van der Waals surface area contributed by atoms with Gasteiger partial charge in [0.15, 0.2) is 0 Å². The van der Waals surface area contributed by atoms with E-state index >= 15 is 0 Å². The number of hydrogen-bond acceptors (Lipinski definition) is 4. The standard InChI is InChI=1S/C23H26N2O3/c26-20(16-25-12-11-17-5-1-2-7-19(17)15-25)14-24-23(27)10-9-21-13-18-6-3-4-8-22(18)28-21/h1-8,13,20,26H,9-12,14-16H2,(H,24,27). The zero-order valence-electron chi connectivity index (χ0n) is 15.9. The van der Waals surface area contributed by atoms with Crippen molar-refractivity contribution in [3.63, 3.8) is 0 Å². The Morgan fingerprint density at radius 3 is 2.79 bits per heavy atom. The molecule has 5 nitrogen and oxygen atoms in total. The number of aliphatic hydroxyl groups excluding tert-OH is 1. The van der Waals surface area contributed by atoms with Gasteiger partial charge in [-0.05, 0) is 29.7 Å². The molecule has 0 saturated heterocycles. The normalized spacial score (nSPS) is 15.3. The molecular weight excluding hydrogens is 352 g/mol. The fourth-order valence-corrected chi connectivity index (χ4v) is 3.79. The Kier molecular flexibility index (Phi) is 5.74. The largest absolute Gasteiger partial charge is 0.461 e. The highest BCUT2D eigenvalue weighted by molar-refractivity contribution is 5.78. The van der Waals surface area contributed by atoms with Crippen LogP contribution < -0.4 is 5.32 Å². The molecule has 2 heterocycles. The van der Waals surface area contributed by atoms with Crippen LogP contribution >= 0.6 is 0 Å². The predicted molar refractivity (Wildman–Crippen MR) is 109 cm³/mol. The number of fused-ring (bicyclic) bond motifs is 2. The van der Waals surface area contributed by atoms with Crippen molar-refractivity contribution in [1.29, 1.82) is 0 Å². The minimum Gasteiger partial charge on any atom is -0.461 e. The van der Waals surface area contributed by atoms with Crippen LogP contribution in [0.3, 0.4) is 0 Å². The molecular formula is C23H26N2O3. The quantitative estimate of drug-likeness (QED) is 0.664. The molecule has 1 aliphatic rings. The van der Waals surface area contributed by atoms with Gasteiger partial charge < -0.3 is 14.8 Å². The van der Waals surface area contributed by atoms with E-state index in [1.54, 1.807) is 0 Å². The van der Waals surface area contributed by atoms with Gasteiger partial charge in [0.2, 0.25) is 5.91 Å². The number of carbonyl (C=O) groups excluding carboxylic acids is 1. The number of carbonyl (C=O) groups is 1. The van der Waals surface area contributed by atoms with Crippen LogP contribution in [-0.4, -0.2) is 41.7 Å². The Hall–Kier alpha value is -2.63. The second-order valence-electron chi connectivity index (χ2n) is 7.46. The van der Waals surface area contributed by atoms with Crippen LogP contribution in [0.15, 0.2) is 59.0 Å². The lowest BCUT2D eigenvalue weighted by molar-refractivity contribution is -0.121. The van der Waals surface area contributed by atoms with Gasteiger partial charge in [0, 0.05) is 44.4 Å². The van der Waals surface area contributed by atoms with Crippen LogP contribution in [0.5, 0.6) is 0 Å². The summed E-state index contributed by atoms with van der Waals surface area (Å²) in [6.07, 6.45) is 1.34. The Balaban J connectivity index is 1.19. The molecule has 5 heteroatoms. The van der Waals surface area contributed by atoms with E-state index in [-0.39, 0.29) is 12.5 Å². The summed E-state index contributed by atoms with van der Waals surface area (Å²) >= 11 is 0. The van der Waals surface area contributed by atoms with E-state index in [1.807, 2.05) is 30.3 Å². The average molecular weight is 378 g/mol. The van der Waals surface area contributed by atoms with Gasteiger partial charge in [-0.2, -0.15) is 0 Å². The van der Waals surface area contributed by atoms with E-state index in [1.165, 1.54) is 11.1 Å². The van der Waals surface area contributed by atoms with Gasteiger partial charge in [0.1, 0.15) is 11.3 Å². The molecule has 2 aromatic carbocycles. The van der Waals surface area contributed by atoms with Crippen molar-refractivity contribution in [2.24, 2.45) is 0 Å². The van der Waals surface area contributed by atoms with Crippen molar-refractivity contribution < 1.29 is 14.3 Å². The number of β-amino-alcohol motifs (C(OH)–C–C–N with tert-alkyl or cyclic N) is 1. The van der Waals surface area contributed by atoms with E-state index in [0.29, 0.717) is 19.4 Å². The summed E-state index contributed by atoms with van der Waals surface area (Å²) in [5, 5.41) is 14.2. The van der Waals surface area contributed by atoms with Gasteiger partial charge >= 0.3 is 0 Å². The molecule has 1 aliphatic heterocycles. The monoisotopic (exact) mass is 378 g/mol. The summed E-state index contributed by atoms with van der Waals surface area (Å²) < 4.78 is 5.74. The van der Waals surface area contributed by atoms with Crippen LogP contribution in [0.4, 0.5) is 0 Å². The molecule has 1 atom stereocenters.